The summed E-state index contributed by atoms with van der Waals surface area (Å²) in [4.78, 5) is 0. The van der Waals surface area contributed by atoms with Crippen LogP contribution in [0.15, 0.2) is 58.9 Å². The lowest BCUT2D eigenvalue weighted by atomic mass is 9.51. The summed E-state index contributed by atoms with van der Waals surface area (Å²) in [5.74, 6) is 2.84. The van der Waals surface area contributed by atoms with Crippen molar-refractivity contribution in [2.75, 3.05) is 0 Å². The molecule has 33 heavy (non-hydrogen) atoms. The highest BCUT2D eigenvalue weighted by Crippen LogP contribution is 2.60. The first-order chi connectivity index (χ1) is 15.2. The van der Waals surface area contributed by atoms with Crippen molar-refractivity contribution in [3.05, 3.63) is 81.1 Å². The summed E-state index contributed by atoms with van der Waals surface area (Å²) >= 11 is 0. The van der Waals surface area contributed by atoms with Crippen LogP contribution in [0.25, 0.3) is 0 Å². The molecule has 0 fully saturated rings. The van der Waals surface area contributed by atoms with E-state index in [9.17, 15) is 0 Å². The van der Waals surface area contributed by atoms with E-state index in [1.54, 1.807) is 0 Å². The molecule has 2 nitrogen and oxygen atoms in total. The van der Waals surface area contributed by atoms with Crippen LogP contribution in [0.5, 0.6) is 11.5 Å². The molecule has 0 amide bonds. The monoisotopic (exact) mass is 446 g/mol. The van der Waals surface area contributed by atoms with Gasteiger partial charge in [-0.2, -0.15) is 0 Å². The quantitative estimate of drug-likeness (QED) is 0.467. The zero-order valence-electron chi connectivity index (χ0n) is 22.8. The zero-order valence-corrected chi connectivity index (χ0v) is 22.8. The molecule has 0 aromatic heterocycles. The van der Waals surface area contributed by atoms with Gasteiger partial charge in [-0.05, 0) is 112 Å². The second-order valence-corrected chi connectivity index (χ2v) is 11.2. The van der Waals surface area contributed by atoms with Crippen LogP contribution in [-0.2, 0) is 0 Å². The first-order valence-corrected chi connectivity index (χ1v) is 12.1. The predicted octanol–water partition coefficient (Wildman–Crippen LogP) is 8.81. The Morgan fingerprint density at radius 3 is 1.73 bits per heavy atom. The first-order valence-electron chi connectivity index (χ1n) is 12.1. The molecule has 2 atom stereocenters. The summed E-state index contributed by atoms with van der Waals surface area (Å²) in [6, 6.07) is 12.3. The number of allylic oxidation sites excluding steroid dienone is 1. The van der Waals surface area contributed by atoms with Gasteiger partial charge < -0.3 is 9.47 Å². The van der Waals surface area contributed by atoms with Gasteiger partial charge in [-0.15, -0.1) is 0 Å². The molecule has 0 N–H and O–H groups in total. The molecule has 1 aliphatic carbocycles. The van der Waals surface area contributed by atoms with Crippen molar-refractivity contribution in [1.29, 1.82) is 0 Å². The molecule has 2 heteroatoms. The molecule has 0 radical (unpaired) electrons. The van der Waals surface area contributed by atoms with E-state index in [2.05, 4.69) is 89.2 Å². The first kappa shape index (κ1) is 25.1. The Labute approximate surface area is 201 Å². The molecule has 0 bridgehead atoms. The second kappa shape index (κ2) is 8.38. The van der Waals surface area contributed by atoms with E-state index >= 15 is 0 Å². The minimum absolute atomic E-state index is 0.0836. The Bertz CT molecular complexity index is 1100. The SMILES string of the molecule is CC1=C(C)C(C)(Oc2c(C)c(C)cc(C)c2C)C(C)(C(C)(C)C)C(C)=C1Oc1ccccc1. The summed E-state index contributed by atoms with van der Waals surface area (Å²) in [6.45, 7) is 26.9. The molecule has 0 aliphatic heterocycles. The number of aryl methyl sites for hydroxylation is 2. The number of hydrogen-bond acceptors (Lipinski definition) is 2. The highest BCUT2D eigenvalue weighted by molar-refractivity contribution is 5.53. The van der Waals surface area contributed by atoms with Gasteiger partial charge in [0.1, 0.15) is 22.9 Å². The minimum Gasteiger partial charge on any atom is -0.482 e. The molecule has 2 aromatic carbocycles. The fraction of sp³-hybridized carbons (Fsp3) is 0.484. The summed E-state index contributed by atoms with van der Waals surface area (Å²) < 4.78 is 13.7. The third kappa shape index (κ3) is 3.82. The molecular formula is C31H42O2. The molecule has 1 aliphatic rings. The van der Waals surface area contributed by atoms with Gasteiger partial charge in [0.05, 0.1) is 0 Å². The van der Waals surface area contributed by atoms with Crippen LogP contribution in [-0.4, -0.2) is 5.60 Å². The third-order valence-corrected chi connectivity index (χ3v) is 8.73. The van der Waals surface area contributed by atoms with E-state index in [0.717, 1.165) is 22.8 Å². The van der Waals surface area contributed by atoms with Crippen molar-refractivity contribution in [2.45, 2.75) is 88.7 Å². The standard InChI is InChI=1S/C31H42O2/c1-19-18-20(2)22(4)27(21(19)3)33-31(12)24(6)23(5)28(32-26-16-14-13-15-17-26)25(7)30(31,11)29(8,9)10/h13-18H,1-12H3. The smallest absolute Gasteiger partial charge is 0.137 e. The van der Waals surface area contributed by atoms with Crippen LogP contribution in [0.2, 0.25) is 0 Å². The van der Waals surface area contributed by atoms with E-state index < -0.39 is 5.60 Å². The van der Waals surface area contributed by atoms with Crippen molar-refractivity contribution >= 4 is 0 Å². The van der Waals surface area contributed by atoms with Crippen LogP contribution in [0.4, 0.5) is 0 Å². The van der Waals surface area contributed by atoms with Crippen LogP contribution in [0.3, 0.4) is 0 Å². The second-order valence-electron chi connectivity index (χ2n) is 11.2. The fourth-order valence-electron chi connectivity index (χ4n) is 5.52. The van der Waals surface area contributed by atoms with E-state index in [1.165, 1.54) is 33.4 Å². The maximum absolute atomic E-state index is 7.21. The highest BCUT2D eigenvalue weighted by atomic mass is 16.5. The molecule has 0 spiro atoms. The third-order valence-electron chi connectivity index (χ3n) is 8.73. The van der Waals surface area contributed by atoms with Gasteiger partial charge in [0.15, 0.2) is 0 Å². The Hall–Kier alpha value is -2.48. The molecule has 178 valence electrons. The summed E-state index contributed by atoms with van der Waals surface area (Å²) in [5.41, 5.74) is 7.62. The van der Waals surface area contributed by atoms with Gasteiger partial charge in [0.2, 0.25) is 0 Å². The van der Waals surface area contributed by atoms with Crippen molar-refractivity contribution in [3.63, 3.8) is 0 Å². The van der Waals surface area contributed by atoms with Gasteiger partial charge in [-0.1, -0.05) is 52.0 Å². The minimum atomic E-state index is -0.543. The lowest BCUT2D eigenvalue weighted by Gasteiger charge is -2.57. The van der Waals surface area contributed by atoms with E-state index in [0.29, 0.717) is 0 Å². The Kier molecular flexibility index (Phi) is 6.39. The number of ether oxygens (including phenoxy) is 2. The Morgan fingerprint density at radius 1 is 0.727 bits per heavy atom. The van der Waals surface area contributed by atoms with Crippen LogP contribution < -0.4 is 9.47 Å². The maximum Gasteiger partial charge on any atom is 0.137 e. The molecule has 0 saturated heterocycles. The van der Waals surface area contributed by atoms with Crippen LogP contribution >= 0.6 is 0 Å². The summed E-state index contributed by atoms with van der Waals surface area (Å²) in [5, 5.41) is 0. The van der Waals surface area contributed by atoms with E-state index in [-0.39, 0.29) is 10.8 Å². The number of para-hydroxylation sites is 1. The van der Waals surface area contributed by atoms with Gasteiger partial charge in [-0.25, -0.2) is 0 Å². The Morgan fingerprint density at radius 2 is 1.24 bits per heavy atom. The molecule has 0 saturated carbocycles. The topological polar surface area (TPSA) is 18.5 Å². The van der Waals surface area contributed by atoms with E-state index in [4.69, 9.17) is 9.47 Å². The van der Waals surface area contributed by atoms with Crippen LogP contribution in [0.1, 0.15) is 77.6 Å². The molecule has 0 heterocycles. The number of rotatable bonds is 4. The number of benzene rings is 2. The molecule has 3 rings (SSSR count). The maximum atomic E-state index is 7.21. The molecule has 2 unspecified atom stereocenters. The van der Waals surface area contributed by atoms with Crippen molar-refractivity contribution in [1.82, 2.24) is 0 Å². The average Bonchev–Trinajstić information content (AvgIpc) is 2.75. The Balaban J connectivity index is 2.27. The highest BCUT2D eigenvalue weighted by Gasteiger charge is 2.59. The lowest BCUT2D eigenvalue weighted by Crippen LogP contribution is -2.59. The van der Waals surface area contributed by atoms with Gasteiger partial charge in [0, 0.05) is 5.41 Å². The van der Waals surface area contributed by atoms with Gasteiger partial charge in [-0.3, -0.25) is 0 Å². The van der Waals surface area contributed by atoms with Crippen molar-refractivity contribution in [2.24, 2.45) is 10.8 Å². The number of hydrogen-bond donors (Lipinski definition) is 0. The zero-order chi connectivity index (χ0) is 24.9. The van der Waals surface area contributed by atoms with Crippen molar-refractivity contribution < 1.29 is 9.47 Å². The predicted molar refractivity (Wildman–Crippen MR) is 140 cm³/mol. The molecule has 2 aromatic rings. The largest absolute Gasteiger partial charge is 0.482 e. The van der Waals surface area contributed by atoms with Gasteiger partial charge in [0.25, 0.3) is 0 Å². The summed E-state index contributed by atoms with van der Waals surface area (Å²) in [6.07, 6.45) is 0. The van der Waals surface area contributed by atoms with Crippen molar-refractivity contribution in [3.8, 4) is 11.5 Å². The van der Waals surface area contributed by atoms with Crippen LogP contribution in [0, 0.1) is 38.5 Å². The molecular weight excluding hydrogens is 404 g/mol. The summed E-state index contributed by atoms with van der Waals surface area (Å²) in [7, 11) is 0. The van der Waals surface area contributed by atoms with E-state index in [1.807, 2.05) is 30.3 Å². The average molecular weight is 447 g/mol. The normalized spacial score (nSPS) is 23.8. The van der Waals surface area contributed by atoms with Gasteiger partial charge >= 0.3 is 0 Å². The lowest BCUT2D eigenvalue weighted by molar-refractivity contribution is -0.0562. The fourth-order valence-corrected chi connectivity index (χ4v) is 5.52.